The number of para-hydroxylation sites is 2. The zero-order chi connectivity index (χ0) is 19.3. The third-order valence-corrected chi connectivity index (χ3v) is 4.45. The summed E-state index contributed by atoms with van der Waals surface area (Å²) in [4.78, 5) is 25.2. The molecule has 1 N–H and O–H groups in total. The second-order valence-corrected chi connectivity index (χ2v) is 6.29. The summed E-state index contributed by atoms with van der Waals surface area (Å²) < 4.78 is 7.33. The van der Waals surface area contributed by atoms with Crippen molar-refractivity contribution in [2.75, 3.05) is 0 Å². The molecule has 0 aliphatic rings. The van der Waals surface area contributed by atoms with E-state index < -0.39 is 0 Å². The van der Waals surface area contributed by atoms with E-state index in [1.807, 2.05) is 36.4 Å². The molecule has 8 heteroatoms. The number of benzene rings is 1. The average molecular weight is 376 g/mol. The molecule has 1 amide bonds. The molecular weight excluding hydrogens is 356 g/mol. The van der Waals surface area contributed by atoms with Gasteiger partial charge in [0.2, 0.25) is 17.6 Å². The molecule has 3 aromatic heterocycles. The Labute approximate surface area is 161 Å². The van der Waals surface area contributed by atoms with E-state index in [2.05, 4.69) is 36.9 Å². The van der Waals surface area contributed by atoms with E-state index in [1.54, 1.807) is 12.4 Å². The number of nitrogens with zero attached hydrogens (tertiary/aromatic N) is 5. The van der Waals surface area contributed by atoms with Gasteiger partial charge < -0.3 is 14.4 Å². The minimum absolute atomic E-state index is 0.0872. The summed E-state index contributed by atoms with van der Waals surface area (Å²) in [6, 6.07) is 11.6. The van der Waals surface area contributed by atoms with Crippen LogP contribution in [0, 0.1) is 0 Å². The first-order valence-corrected chi connectivity index (χ1v) is 9.18. The van der Waals surface area contributed by atoms with Crippen molar-refractivity contribution < 1.29 is 9.32 Å². The predicted octanol–water partition coefficient (Wildman–Crippen LogP) is 2.75. The first-order chi connectivity index (χ1) is 13.7. The van der Waals surface area contributed by atoms with Gasteiger partial charge in [-0.1, -0.05) is 17.3 Å². The van der Waals surface area contributed by atoms with E-state index >= 15 is 0 Å². The molecule has 0 unspecified atom stereocenters. The third-order valence-electron chi connectivity index (χ3n) is 4.45. The third kappa shape index (κ3) is 3.75. The molecule has 0 saturated carbocycles. The summed E-state index contributed by atoms with van der Waals surface area (Å²) in [5, 5.41) is 6.86. The van der Waals surface area contributed by atoms with Crippen LogP contribution in [0.4, 0.5) is 0 Å². The van der Waals surface area contributed by atoms with Gasteiger partial charge in [-0.25, -0.2) is 4.98 Å². The van der Waals surface area contributed by atoms with Gasteiger partial charge in [0.15, 0.2) is 0 Å². The number of carbonyl (C=O) groups excluding carboxylic acids is 1. The Morgan fingerprint density at radius 2 is 2.07 bits per heavy atom. The van der Waals surface area contributed by atoms with E-state index in [1.165, 1.54) is 0 Å². The second kappa shape index (κ2) is 7.99. The van der Waals surface area contributed by atoms with Crippen LogP contribution in [0.5, 0.6) is 0 Å². The summed E-state index contributed by atoms with van der Waals surface area (Å²) in [6.07, 6.45) is 3.99. The van der Waals surface area contributed by atoms with Crippen LogP contribution in [0.25, 0.3) is 22.4 Å². The van der Waals surface area contributed by atoms with E-state index in [0.29, 0.717) is 24.7 Å². The number of carbonyl (C=O) groups is 1. The summed E-state index contributed by atoms with van der Waals surface area (Å²) in [5.74, 6) is 1.65. The number of hydrogen-bond acceptors (Lipinski definition) is 6. The first kappa shape index (κ1) is 17.8. The van der Waals surface area contributed by atoms with Crippen molar-refractivity contribution in [2.24, 2.45) is 0 Å². The molecule has 142 valence electrons. The van der Waals surface area contributed by atoms with Crippen LogP contribution < -0.4 is 5.32 Å². The molecular formula is C20H20N6O2. The van der Waals surface area contributed by atoms with Crippen molar-refractivity contribution in [2.45, 2.75) is 32.9 Å². The lowest BCUT2D eigenvalue weighted by Gasteiger charge is -2.07. The highest BCUT2D eigenvalue weighted by molar-refractivity contribution is 5.77. The highest BCUT2D eigenvalue weighted by Gasteiger charge is 2.13. The molecule has 0 aliphatic carbocycles. The first-order valence-electron chi connectivity index (χ1n) is 9.18. The van der Waals surface area contributed by atoms with Gasteiger partial charge in [-0.05, 0) is 31.2 Å². The topological polar surface area (TPSA) is 98.7 Å². The zero-order valence-electron chi connectivity index (χ0n) is 15.5. The molecule has 4 rings (SSSR count). The SMILES string of the molecule is CCn1c(CNC(=O)CCc2nc(-c3cccnc3)no2)nc2ccccc21. The van der Waals surface area contributed by atoms with Gasteiger partial charge >= 0.3 is 0 Å². The van der Waals surface area contributed by atoms with Crippen molar-refractivity contribution in [3.63, 3.8) is 0 Å². The fourth-order valence-corrected chi connectivity index (χ4v) is 3.07. The predicted molar refractivity (Wildman–Crippen MR) is 103 cm³/mol. The van der Waals surface area contributed by atoms with Gasteiger partial charge in [-0.3, -0.25) is 9.78 Å². The average Bonchev–Trinajstić information content (AvgIpc) is 3.35. The van der Waals surface area contributed by atoms with Crippen LogP contribution in [0.15, 0.2) is 53.3 Å². The van der Waals surface area contributed by atoms with Crippen molar-refractivity contribution in [3.05, 3.63) is 60.5 Å². The van der Waals surface area contributed by atoms with Crippen LogP contribution >= 0.6 is 0 Å². The maximum atomic E-state index is 12.2. The van der Waals surface area contributed by atoms with E-state index in [-0.39, 0.29) is 12.3 Å². The fraction of sp³-hybridized carbons (Fsp3) is 0.250. The second-order valence-electron chi connectivity index (χ2n) is 6.29. The lowest BCUT2D eigenvalue weighted by molar-refractivity contribution is -0.121. The molecule has 3 heterocycles. The normalized spacial score (nSPS) is 11.0. The minimum atomic E-state index is -0.0872. The quantitative estimate of drug-likeness (QED) is 0.532. The van der Waals surface area contributed by atoms with Crippen molar-refractivity contribution in [1.82, 2.24) is 30.0 Å². The Morgan fingerprint density at radius 3 is 2.89 bits per heavy atom. The van der Waals surface area contributed by atoms with Crippen LogP contribution in [0.2, 0.25) is 0 Å². The van der Waals surface area contributed by atoms with Crippen molar-refractivity contribution in [3.8, 4) is 11.4 Å². The summed E-state index contributed by atoms with van der Waals surface area (Å²) in [6.45, 7) is 3.24. The number of aryl methyl sites for hydroxylation is 2. The van der Waals surface area contributed by atoms with Crippen LogP contribution in [0.3, 0.4) is 0 Å². The molecule has 0 aliphatic heterocycles. The number of pyridine rings is 1. The highest BCUT2D eigenvalue weighted by Crippen LogP contribution is 2.16. The lowest BCUT2D eigenvalue weighted by atomic mass is 10.2. The van der Waals surface area contributed by atoms with E-state index in [0.717, 1.165) is 29.0 Å². The summed E-state index contributed by atoms with van der Waals surface area (Å²) in [5.41, 5.74) is 2.78. The minimum Gasteiger partial charge on any atom is -0.349 e. The smallest absolute Gasteiger partial charge is 0.227 e. The molecule has 1 aromatic carbocycles. The number of rotatable bonds is 7. The van der Waals surface area contributed by atoms with E-state index in [9.17, 15) is 4.79 Å². The molecule has 0 bridgehead atoms. The zero-order valence-corrected chi connectivity index (χ0v) is 15.5. The Bertz CT molecular complexity index is 1090. The molecule has 0 fully saturated rings. The highest BCUT2D eigenvalue weighted by atomic mass is 16.5. The molecule has 0 radical (unpaired) electrons. The Kier molecular flexibility index (Phi) is 5.09. The van der Waals surface area contributed by atoms with Crippen LogP contribution in [-0.4, -0.2) is 30.6 Å². The molecule has 8 nitrogen and oxygen atoms in total. The standard InChI is InChI=1S/C20H20N6O2/c1-2-26-16-8-4-3-7-15(16)23-17(26)13-22-18(27)9-10-19-24-20(25-28-19)14-6-5-11-21-12-14/h3-8,11-12H,2,9-10,13H2,1H3,(H,22,27). The summed E-state index contributed by atoms with van der Waals surface area (Å²) >= 11 is 0. The molecule has 4 aromatic rings. The Hall–Kier alpha value is -3.55. The molecule has 28 heavy (non-hydrogen) atoms. The van der Waals surface area contributed by atoms with Gasteiger partial charge in [0.25, 0.3) is 0 Å². The van der Waals surface area contributed by atoms with Gasteiger partial charge in [0.05, 0.1) is 17.6 Å². The summed E-state index contributed by atoms with van der Waals surface area (Å²) in [7, 11) is 0. The number of hydrogen-bond donors (Lipinski definition) is 1. The van der Waals surface area contributed by atoms with Crippen LogP contribution in [-0.2, 0) is 24.3 Å². The maximum absolute atomic E-state index is 12.2. The molecule has 0 saturated heterocycles. The molecule has 0 spiro atoms. The number of fused-ring (bicyclic) bond motifs is 1. The van der Waals surface area contributed by atoms with Gasteiger partial charge in [0, 0.05) is 37.3 Å². The van der Waals surface area contributed by atoms with Crippen molar-refractivity contribution in [1.29, 1.82) is 0 Å². The van der Waals surface area contributed by atoms with Crippen LogP contribution in [0.1, 0.15) is 25.1 Å². The lowest BCUT2D eigenvalue weighted by Crippen LogP contribution is -2.25. The number of aromatic nitrogens is 5. The monoisotopic (exact) mass is 376 g/mol. The maximum Gasteiger partial charge on any atom is 0.227 e. The Balaban J connectivity index is 1.34. The number of nitrogens with one attached hydrogen (secondary N) is 1. The van der Waals surface area contributed by atoms with Gasteiger partial charge in [-0.2, -0.15) is 4.98 Å². The van der Waals surface area contributed by atoms with Gasteiger partial charge in [-0.15, -0.1) is 0 Å². The largest absolute Gasteiger partial charge is 0.349 e. The van der Waals surface area contributed by atoms with Gasteiger partial charge in [0.1, 0.15) is 5.82 Å². The Morgan fingerprint density at radius 1 is 1.18 bits per heavy atom. The van der Waals surface area contributed by atoms with Crippen molar-refractivity contribution >= 4 is 16.9 Å². The number of imidazole rings is 1. The number of amides is 1. The molecule has 0 atom stereocenters. The van der Waals surface area contributed by atoms with E-state index in [4.69, 9.17) is 4.52 Å². The fourth-order valence-electron chi connectivity index (χ4n) is 3.07.